The summed E-state index contributed by atoms with van der Waals surface area (Å²) in [5.74, 6) is 0. The van der Waals surface area contributed by atoms with E-state index in [-0.39, 0.29) is 0 Å². The van der Waals surface area contributed by atoms with Gasteiger partial charge < -0.3 is 0 Å². The highest BCUT2D eigenvalue weighted by molar-refractivity contribution is 5.96. The first kappa shape index (κ1) is 12.0. The minimum absolute atomic E-state index is 1.05. The van der Waals surface area contributed by atoms with Gasteiger partial charge in [-0.25, -0.2) is 0 Å². The molecule has 0 bridgehead atoms. The maximum atomic E-state index is 2.37. The van der Waals surface area contributed by atoms with E-state index >= 15 is 0 Å². The van der Waals surface area contributed by atoms with E-state index in [4.69, 9.17) is 0 Å². The third-order valence-corrected chi connectivity index (χ3v) is 4.86. The van der Waals surface area contributed by atoms with Crippen LogP contribution in [0, 0.1) is 6.92 Å². The molecule has 0 atom stereocenters. The molecule has 1 aliphatic carbocycles. The topological polar surface area (TPSA) is 0 Å². The molecule has 0 spiro atoms. The lowest BCUT2D eigenvalue weighted by Crippen LogP contribution is -1.82. The molecular formula is C22H16. The van der Waals surface area contributed by atoms with Crippen LogP contribution in [0.3, 0.4) is 0 Å². The summed E-state index contributed by atoms with van der Waals surface area (Å²) in [6, 6.07) is 24.8. The van der Waals surface area contributed by atoms with E-state index in [9.17, 15) is 0 Å². The van der Waals surface area contributed by atoms with Gasteiger partial charge in [0.2, 0.25) is 0 Å². The molecule has 0 heteroatoms. The van der Waals surface area contributed by atoms with E-state index in [0.717, 1.165) is 6.42 Å². The Labute approximate surface area is 130 Å². The average Bonchev–Trinajstić information content (AvgIpc) is 2.87. The fraction of sp³-hybridized carbons (Fsp3) is 0.0909. The number of rotatable bonds is 0. The molecule has 0 unspecified atom stereocenters. The monoisotopic (exact) mass is 280 g/mol. The Morgan fingerprint density at radius 1 is 0.591 bits per heavy atom. The molecule has 1 aliphatic rings. The van der Waals surface area contributed by atoms with Crippen molar-refractivity contribution in [3.63, 3.8) is 0 Å². The Hall–Kier alpha value is -2.60. The molecule has 22 heavy (non-hydrogen) atoms. The predicted molar refractivity (Wildman–Crippen MR) is 94.4 cm³/mol. The number of hydrogen-bond donors (Lipinski definition) is 0. The van der Waals surface area contributed by atoms with Crippen LogP contribution in [0.25, 0.3) is 32.7 Å². The lowest BCUT2D eigenvalue weighted by atomic mass is 9.98. The van der Waals surface area contributed by atoms with E-state index < -0.39 is 0 Å². The quantitative estimate of drug-likeness (QED) is 0.332. The zero-order valence-electron chi connectivity index (χ0n) is 12.6. The normalized spacial score (nSPS) is 12.6. The van der Waals surface area contributed by atoms with Crippen molar-refractivity contribution >= 4 is 21.5 Å². The molecule has 0 N–H and O–H groups in total. The smallest absolute Gasteiger partial charge is 0.00130 e. The van der Waals surface area contributed by atoms with Crippen molar-refractivity contribution in [2.24, 2.45) is 0 Å². The molecule has 0 radical (unpaired) electrons. The van der Waals surface area contributed by atoms with Gasteiger partial charge in [-0.3, -0.25) is 0 Å². The standard InChI is InChI=1S/C22H16/c1-14-6-7-17-10-20-11-19-9-15-4-2-3-5-16(15)12-21(19)22(20)13-18(17)8-14/h2-10,12-13H,11H2,1H3. The van der Waals surface area contributed by atoms with Crippen LogP contribution < -0.4 is 0 Å². The van der Waals surface area contributed by atoms with E-state index in [2.05, 4.69) is 73.7 Å². The maximum Gasteiger partial charge on any atom is -0.00130 e. The molecule has 0 nitrogen and oxygen atoms in total. The van der Waals surface area contributed by atoms with Crippen LogP contribution in [-0.4, -0.2) is 0 Å². The Bertz CT molecular complexity index is 1050. The van der Waals surface area contributed by atoms with Crippen molar-refractivity contribution in [1.82, 2.24) is 0 Å². The van der Waals surface area contributed by atoms with Gasteiger partial charge in [0, 0.05) is 0 Å². The first-order valence-corrected chi connectivity index (χ1v) is 7.83. The SMILES string of the molecule is Cc1ccc2cc3c(cc2c1)-c1cc2ccccc2cc1C3. The second-order valence-electron chi connectivity index (χ2n) is 6.39. The second-order valence-corrected chi connectivity index (χ2v) is 6.39. The lowest BCUT2D eigenvalue weighted by Gasteiger charge is -2.06. The number of hydrogen-bond acceptors (Lipinski definition) is 0. The van der Waals surface area contributed by atoms with Crippen molar-refractivity contribution in [2.75, 3.05) is 0 Å². The fourth-order valence-electron chi connectivity index (χ4n) is 3.75. The zero-order chi connectivity index (χ0) is 14.7. The van der Waals surface area contributed by atoms with Crippen molar-refractivity contribution in [1.29, 1.82) is 0 Å². The molecule has 5 rings (SSSR count). The highest BCUT2D eigenvalue weighted by Crippen LogP contribution is 2.40. The Balaban J connectivity index is 1.82. The largest absolute Gasteiger partial charge is 0.0616 e. The van der Waals surface area contributed by atoms with Crippen LogP contribution in [0.4, 0.5) is 0 Å². The van der Waals surface area contributed by atoms with Gasteiger partial charge in [-0.2, -0.15) is 0 Å². The lowest BCUT2D eigenvalue weighted by molar-refractivity contribution is 1.28. The van der Waals surface area contributed by atoms with E-state index in [1.165, 1.54) is 49.4 Å². The molecule has 4 aromatic carbocycles. The molecule has 0 aliphatic heterocycles. The van der Waals surface area contributed by atoms with Gasteiger partial charge in [0.05, 0.1) is 0 Å². The average molecular weight is 280 g/mol. The summed E-state index contributed by atoms with van der Waals surface area (Å²) in [4.78, 5) is 0. The molecule has 0 saturated heterocycles. The molecular weight excluding hydrogens is 264 g/mol. The third-order valence-electron chi connectivity index (χ3n) is 4.86. The Morgan fingerprint density at radius 2 is 1.18 bits per heavy atom. The van der Waals surface area contributed by atoms with Crippen molar-refractivity contribution < 1.29 is 0 Å². The van der Waals surface area contributed by atoms with Crippen LogP contribution >= 0.6 is 0 Å². The summed E-state index contributed by atoms with van der Waals surface area (Å²) in [6.45, 7) is 2.16. The van der Waals surface area contributed by atoms with Gasteiger partial charge in [-0.15, -0.1) is 0 Å². The van der Waals surface area contributed by atoms with Crippen LogP contribution in [0.15, 0.2) is 66.7 Å². The van der Waals surface area contributed by atoms with Gasteiger partial charge in [0.25, 0.3) is 0 Å². The van der Waals surface area contributed by atoms with Gasteiger partial charge in [-0.05, 0) is 69.3 Å². The van der Waals surface area contributed by atoms with Crippen LogP contribution in [0.2, 0.25) is 0 Å². The van der Waals surface area contributed by atoms with Gasteiger partial charge in [-0.1, -0.05) is 60.2 Å². The zero-order valence-corrected chi connectivity index (χ0v) is 12.6. The van der Waals surface area contributed by atoms with Crippen molar-refractivity contribution in [3.8, 4) is 11.1 Å². The Kier molecular flexibility index (Phi) is 2.29. The molecule has 4 aromatic rings. The first-order valence-electron chi connectivity index (χ1n) is 7.83. The van der Waals surface area contributed by atoms with Crippen LogP contribution in [0.1, 0.15) is 16.7 Å². The Morgan fingerprint density at radius 3 is 1.91 bits per heavy atom. The third kappa shape index (κ3) is 1.64. The fourth-order valence-corrected chi connectivity index (χ4v) is 3.75. The van der Waals surface area contributed by atoms with E-state index in [0.29, 0.717) is 0 Å². The highest BCUT2D eigenvalue weighted by atomic mass is 14.2. The predicted octanol–water partition coefficient (Wildman–Crippen LogP) is 5.87. The van der Waals surface area contributed by atoms with Crippen molar-refractivity contribution in [2.45, 2.75) is 13.3 Å². The highest BCUT2D eigenvalue weighted by Gasteiger charge is 2.19. The first-order chi connectivity index (χ1) is 10.8. The summed E-state index contributed by atoms with van der Waals surface area (Å²) >= 11 is 0. The number of aryl methyl sites for hydroxylation is 1. The summed E-state index contributed by atoms with van der Waals surface area (Å²) in [7, 11) is 0. The van der Waals surface area contributed by atoms with Crippen LogP contribution in [-0.2, 0) is 6.42 Å². The van der Waals surface area contributed by atoms with E-state index in [1.807, 2.05) is 0 Å². The molecule has 0 amide bonds. The summed E-state index contributed by atoms with van der Waals surface area (Å²) in [5.41, 5.74) is 7.07. The molecule has 0 heterocycles. The minimum Gasteiger partial charge on any atom is -0.0616 e. The molecule has 0 fully saturated rings. The molecule has 104 valence electrons. The minimum atomic E-state index is 1.05. The maximum absolute atomic E-state index is 2.37. The number of benzene rings is 4. The van der Waals surface area contributed by atoms with Gasteiger partial charge in [0.1, 0.15) is 0 Å². The van der Waals surface area contributed by atoms with Gasteiger partial charge in [0.15, 0.2) is 0 Å². The summed E-state index contributed by atoms with van der Waals surface area (Å²) in [5, 5.41) is 5.37. The summed E-state index contributed by atoms with van der Waals surface area (Å²) in [6.07, 6.45) is 1.05. The van der Waals surface area contributed by atoms with Crippen LogP contribution in [0.5, 0.6) is 0 Å². The second kappa shape index (κ2) is 4.20. The number of fused-ring (bicyclic) bond motifs is 5. The molecule has 0 aromatic heterocycles. The summed E-state index contributed by atoms with van der Waals surface area (Å²) < 4.78 is 0. The van der Waals surface area contributed by atoms with Gasteiger partial charge >= 0.3 is 0 Å². The van der Waals surface area contributed by atoms with Crippen molar-refractivity contribution in [3.05, 3.63) is 83.4 Å². The molecule has 0 saturated carbocycles. The van der Waals surface area contributed by atoms with E-state index in [1.54, 1.807) is 0 Å².